The lowest BCUT2D eigenvalue weighted by Crippen LogP contribution is -2.52. The Morgan fingerprint density at radius 3 is 2.77 bits per heavy atom. The molecule has 0 aliphatic carbocycles. The van der Waals surface area contributed by atoms with E-state index >= 15 is 0 Å². The van der Waals surface area contributed by atoms with E-state index in [-0.39, 0.29) is 11.8 Å². The lowest BCUT2D eigenvalue weighted by molar-refractivity contribution is -0.145. The van der Waals surface area contributed by atoms with Gasteiger partial charge in [0.1, 0.15) is 6.10 Å². The summed E-state index contributed by atoms with van der Waals surface area (Å²) in [7, 11) is 0. The van der Waals surface area contributed by atoms with E-state index in [1.807, 2.05) is 6.92 Å². The zero-order valence-corrected chi connectivity index (χ0v) is 12.5. The average molecular weight is 310 g/mol. The molecule has 2 fully saturated rings. The molecule has 0 spiro atoms. The molecule has 2 unspecified atom stereocenters. The summed E-state index contributed by atoms with van der Waals surface area (Å²) >= 11 is 0. The Kier molecular flexibility index (Phi) is 4.40. The van der Waals surface area contributed by atoms with E-state index < -0.39 is 17.7 Å². The molecule has 22 heavy (non-hydrogen) atoms. The molecule has 0 bridgehead atoms. The highest BCUT2D eigenvalue weighted by atomic mass is 19.2. The number of nitrogens with zero attached hydrogens (tertiary/aromatic N) is 1. The van der Waals surface area contributed by atoms with Gasteiger partial charge in [0.15, 0.2) is 11.6 Å². The minimum Gasteiger partial charge on any atom is -0.370 e. The Balaban J connectivity index is 1.68. The number of carbonyl (C=O) groups excluding carboxylic acids is 1. The van der Waals surface area contributed by atoms with E-state index in [9.17, 15) is 13.6 Å². The van der Waals surface area contributed by atoms with E-state index in [2.05, 4.69) is 5.32 Å². The number of morpholine rings is 1. The fourth-order valence-electron chi connectivity index (χ4n) is 2.92. The quantitative estimate of drug-likeness (QED) is 0.924. The van der Waals surface area contributed by atoms with E-state index in [0.717, 1.165) is 25.2 Å². The van der Waals surface area contributed by atoms with Crippen LogP contribution in [0.15, 0.2) is 18.2 Å². The van der Waals surface area contributed by atoms with Crippen molar-refractivity contribution in [2.24, 2.45) is 11.8 Å². The van der Waals surface area contributed by atoms with Gasteiger partial charge in [0.05, 0.1) is 13.2 Å². The number of carbonyl (C=O) groups is 1. The molecule has 2 heterocycles. The molecule has 6 heteroatoms. The molecule has 1 aromatic rings. The monoisotopic (exact) mass is 310 g/mol. The van der Waals surface area contributed by atoms with Crippen LogP contribution in [0.2, 0.25) is 0 Å². The third kappa shape index (κ3) is 2.98. The number of ether oxygens (including phenoxy) is 1. The van der Waals surface area contributed by atoms with Crippen LogP contribution < -0.4 is 5.32 Å². The molecule has 1 amide bonds. The van der Waals surface area contributed by atoms with Crippen molar-refractivity contribution in [3.8, 4) is 0 Å². The Morgan fingerprint density at radius 1 is 1.36 bits per heavy atom. The summed E-state index contributed by atoms with van der Waals surface area (Å²) in [5.41, 5.74) is 0.564. The average Bonchev–Trinajstić information content (AvgIpc) is 2.47. The molecule has 1 N–H and O–H groups in total. The van der Waals surface area contributed by atoms with E-state index in [0.29, 0.717) is 31.2 Å². The van der Waals surface area contributed by atoms with Crippen LogP contribution in [0.5, 0.6) is 0 Å². The minimum atomic E-state index is -0.890. The fourth-order valence-corrected chi connectivity index (χ4v) is 2.92. The number of hydrogen-bond donors (Lipinski definition) is 1. The van der Waals surface area contributed by atoms with Gasteiger partial charge in [-0.15, -0.1) is 0 Å². The summed E-state index contributed by atoms with van der Waals surface area (Å²) < 4.78 is 32.0. The van der Waals surface area contributed by atoms with Gasteiger partial charge < -0.3 is 15.0 Å². The predicted molar refractivity (Wildman–Crippen MR) is 77.2 cm³/mol. The van der Waals surface area contributed by atoms with Crippen LogP contribution in [0.3, 0.4) is 0 Å². The summed E-state index contributed by atoms with van der Waals surface area (Å²) in [5.74, 6) is -1.29. The van der Waals surface area contributed by atoms with E-state index in [1.165, 1.54) is 6.07 Å². The van der Waals surface area contributed by atoms with Gasteiger partial charge in [-0.2, -0.15) is 0 Å². The summed E-state index contributed by atoms with van der Waals surface area (Å²) in [6.45, 7) is 5.05. The molecule has 0 saturated carbocycles. The van der Waals surface area contributed by atoms with Gasteiger partial charge in [-0.25, -0.2) is 8.78 Å². The maximum Gasteiger partial charge on any atom is 0.225 e. The first-order chi connectivity index (χ1) is 10.6. The Morgan fingerprint density at radius 2 is 2.14 bits per heavy atom. The standard InChI is InChI=1S/C16H20F2N2O2/c1-10(12-7-19-8-12)16(21)20-4-5-22-15(9-20)11-2-3-13(17)14(18)6-11/h2-3,6,10,12,15,19H,4-5,7-9H2,1H3. The van der Waals surface area contributed by atoms with E-state index in [4.69, 9.17) is 4.74 Å². The zero-order chi connectivity index (χ0) is 15.7. The lowest BCUT2D eigenvalue weighted by atomic mass is 9.87. The van der Waals surface area contributed by atoms with Crippen LogP contribution in [-0.2, 0) is 9.53 Å². The first-order valence-corrected chi connectivity index (χ1v) is 7.62. The SMILES string of the molecule is CC(C(=O)N1CCOC(c2ccc(F)c(F)c2)C1)C1CNC1. The Bertz CT molecular complexity index is 563. The van der Waals surface area contributed by atoms with E-state index in [1.54, 1.807) is 4.90 Å². The molecule has 2 atom stereocenters. The highest BCUT2D eigenvalue weighted by Crippen LogP contribution is 2.26. The van der Waals surface area contributed by atoms with Crippen LogP contribution in [0, 0.1) is 23.5 Å². The van der Waals surface area contributed by atoms with Gasteiger partial charge >= 0.3 is 0 Å². The second-order valence-corrected chi connectivity index (χ2v) is 6.02. The predicted octanol–water partition coefficient (Wildman–Crippen LogP) is 1.72. The fraction of sp³-hybridized carbons (Fsp3) is 0.562. The normalized spacial score (nSPS) is 24.0. The van der Waals surface area contributed by atoms with Gasteiger partial charge in [0.2, 0.25) is 5.91 Å². The second kappa shape index (κ2) is 6.30. The molecule has 2 saturated heterocycles. The van der Waals surface area contributed by atoms with Crippen LogP contribution in [0.4, 0.5) is 8.78 Å². The smallest absolute Gasteiger partial charge is 0.225 e. The number of hydrogen-bond acceptors (Lipinski definition) is 3. The van der Waals surface area contributed by atoms with Gasteiger partial charge in [-0.05, 0) is 36.7 Å². The first-order valence-electron chi connectivity index (χ1n) is 7.62. The molecular formula is C16H20F2N2O2. The Hall–Kier alpha value is -1.53. The number of rotatable bonds is 3. The van der Waals surface area contributed by atoms with Crippen LogP contribution in [0.1, 0.15) is 18.6 Å². The van der Waals surface area contributed by atoms with Crippen LogP contribution in [-0.4, -0.2) is 43.6 Å². The summed E-state index contributed by atoms with van der Waals surface area (Å²) in [5, 5.41) is 3.17. The summed E-state index contributed by atoms with van der Waals surface area (Å²) in [4.78, 5) is 14.3. The molecule has 0 radical (unpaired) electrons. The molecule has 1 aromatic carbocycles. The van der Waals surface area contributed by atoms with Gasteiger partial charge in [-0.3, -0.25) is 4.79 Å². The molecule has 0 aromatic heterocycles. The van der Waals surface area contributed by atoms with Crippen molar-refractivity contribution in [1.82, 2.24) is 10.2 Å². The molecule has 120 valence electrons. The summed E-state index contributed by atoms with van der Waals surface area (Å²) in [6, 6.07) is 3.75. The van der Waals surface area contributed by atoms with Crippen molar-refractivity contribution in [3.05, 3.63) is 35.4 Å². The summed E-state index contributed by atoms with van der Waals surface area (Å²) in [6.07, 6.45) is -0.403. The van der Waals surface area contributed by atoms with Gasteiger partial charge in [0, 0.05) is 12.5 Å². The number of amides is 1. The van der Waals surface area contributed by atoms with Crippen molar-refractivity contribution in [3.63, 3.8) is 0 Å². The third-order valence-corrected chi connectivity index (χ3v) is 4.60. The number of halogens is 2. The number of nitrogens with one attached hydrogen (secondary N) is 1. The zero-order valence-electron chi connectivity index (χ0n) is 12.5. The number of benzene rings is 1. The Labute approximate surface area is 128 Å². The molecule has 2 aliphatic heterocycles. The topological polar surface area (TPSA) is 41.6 Å². The maximum absolute atomic E-state index is 13.4. The highest BCUT2D eigenvalue weighted by molar-refractivity contribution is 5.79. The van der Waals surface area contributed by atoms with Crippen molar-refractivity contribution in [2.45, 2.75) is 13.0 Å². The highest BCUT2D eigenvalue weighted by Gasteiger charge is 2.34. The maximum atomic E-state index is 13.4. The van der Waals surface area contributed by atoms with Crippen LogP contribution in [0.25, 0.3) is 0 Å². The lowest BCUT2D eigenvalue weighted by Gasteiger charge is -2.38. The van der Waals surface area contributed by atoms with Crippen molar-refractivity contribution >= 4 is 5.91 Å². The molecule has 3 rings (SSSR count). The largest absolute Gasteiger partial charge is 0.370 e. The van der Waals surface area contributed by atoms with Gasteiger partial charge in [-0.1, -0.05) is 13.0 Å². The van der Waals surface area contributed by atoms with Crippen molar-refractivity contribution in [2.75, 3.05) is 32.8 Å². The first kappa shape index (κ1) is 15.4. The second-order valence-electron chi connectivity index (χ2n) is 6.02. The minimum absolute atomic E-state index is 0.0232. The van der Waals surface area contributed by atoms with Crippen molar-refractivity contribution in [1.29, 1.82) is 0 Å². The van der Waals surface area contributed by atoms with Crippen molar-refractivity contribution < 1.29 is 18.3 Å². The van der Waals surface area contributed by atoms with Gasteiger partial charge in [0.25, 0.3) is 0 Å². The third-order valence-electron chi connectivity index (χ3n) is 4.60. The molecule has 4 nitrogen and oxygen atoms in total. The molecule has 2 aliphatic rings. The molecular weight excluding hydrogens is 290 g/mol. The van der Waals surface area contributed by atoms with Crippen LogP contribution >= 0.6 is 0 Å².